The zero-order valence-electron chi connectivity index (χ0n) is 14.7. The van der Waals surface area contributed by atoms with Crippen LogP contribution in [0.2, 0.25) is 0 Å². The van der Waals surface area contributed by atoms with Gasteiger partial charge in [-0.05, 0) is 56.2 Å². The number of carbonyl (C=O) groups is 2. The van der Waals surface area contributed by atoms with E-state index in [9.17, 15) is 9.59 Å². The first-order valence-corrected chi connectivity index (χ1v) is 8.18. The Bertz CT molecular complexity index is 723. The molecule has 1 amide bonds. The van der Waals surface area contributed by atoms with Crippen LogP contribution < -0.4 is 5.32 Å². The van der Waals surface area contributed by atoms with Crippen LogP contribution in [0.25, 0.3) is 0 Å². The summed E-state index contributed by atoms with van der Waals surface area (Å²) in [6.45, 7) is 6.03. The SMILES string of the molecule is Cc1cccc(NC(=O)COC(=O)c2ccc(COC(C)C)cc2)c1. The maximum atomic E-state index is 12.0. The van der Waals surface area contributed by atoms with E-state index in [1.54, 1.807) is 18.2 Å². The molecule has 0 bridgehead atoms. The third kappa shape index (κ3) is 6.39. The van der Waals surface area contributed by atoms with Gasteiger partial charge in [0.1, 0.15) is 0 Å². The van der Waals surface area contributed by atoms with E-state index in [1.165, 1.54) is 0 Å². The molecule has 5 heteroatoms. The van der Waals surface area contributed by atoms with Crippen molar-refractivity contribution in [2.75, 3.05) is 11.9 Å². The zero-order valence-corrected chi connectivity index (χ0v) is 14.7. The van der Waals surface area contributed by atoms with Gasteiger partial charge in [-0.3, -0.25) is 4.79 Å². The molecule has 0 aliphatic heterocycles. The molecule has 1 N–H and O–H groups in total. The molecule has 25 heavy (non-hydrogen) atoms. The molecule has 0 atom stereocenters. The van der Waals surface area contributed by atoms with Gasteiger partial charge < -0.3 is 14.8 Å². The fraction of sp³-hybridized carbons (Fsp3) is 0.300. The highest BCUT2D eigenvalue weighted by atomic mass is 16.5. The van der Waals surface area contributed by atoms with Gasteiger partial charge in [0.25, 0.3) is 5.91 Å². The third-order valence-electron chi connectivity index (χ3n) is 3.41. The van der Waals surface area contributed by atoms with Crippen LogP contribution in [0.3, 0.4) is 0 Å². The van der Waals surface area contributed by atoms with Crippen LogP contribution in [-0.2, 0) is 20.9 Å². The Morgan fingerprint density at radius 1 is 1.08 bits per heavy atom. The standard InChI is InChI=1S/C20H23NO4/c1-14(2)24-12-16-7-9-17(10-8-16)20(23)25-13-19(22)21-18-6-4-5-15(3)11-18/h4-11,14H,12-13H2,1-3H3,(H,21,22). The van der Waals surface area contributed by atoms with Crippen LogP contribution >= 0.6 is 0 Å². The summed E-state index contributed by atoms with van der Waals surface area (Å²) in [5.41, 5.74) is 3.09. The van der Waals surface area contributed by atoms with Gasteiger partial charge in [0, 0.05) is 5.69 Å². The van der Waals surface area contributed by atoms with E-state index in [1.807, 2.05) is 51.1 Å². The number of aryl methyl sites for hydroxylation is 1. The number of amides is 1. The molecule has 0 radical (unpaired) electrons. The maximum Gasteiger partial charge on any atom is 0.338 e. The van der Waals surface area contributed by atoms with Crippen molar-refractivity contribution in [1.82, 2.24) is 0 Å². The Labute approximate surface area is 148 Å². The average Bonchev–Trinajstić information content (AvgIpc) is 2.58. The summed E-state index contributed by atoms with van der Waals surface area (Å²) in [6.07, 6.45) is 0.150. The summed E-state index contributed by atoms with van der Waals surface area (Å²) in [6, 6.07) is 14.4. The number of ether oxygens (including phenoxy) is 2. The van der Waals surface area contributed by atoms with Crippen LogP contribution in [0.4, 0.5) is 5.69 Å². The minimum Gasteiger partial charge on any atom is -0.452 e. The van der Waals surface area contributed by atoms with E-state index in [-0.39, 0.29) is 18.6 Å². The number of nitrogens with one attached hydrogen (secondary N) is 1. The Morgan fingerprint density at radius 3 is 2.44 bits per heavy atom. The Hall–Kier alpha value is -2.66. The lowest BCUT2D eigenvalue weighted by Gasteiger charge is -2.09. The predicted molar refractivity (Wildman–Crippen MR) is 96.5 cm³/mol. The minimum atomic E-state index is -0.532. The molecule has 0 saturated carbocycles. The predicted octanol–water partition coefficient (Wildman–Crippen LogP) is 3.72. The van der Waals surface area contributed by atoms with E-state index in [2.05, 4.69) is 5.32 Å². The smallest absolute Gasteiger partial charge is 0.338 e. The van der Waals surface area contributed by atoms with Gasteiger partial charge in [-0.2, -0.15) is 0 Å². The molecular weight excluding hydrogens is 318 g/mol. The number of benzene rings is 2. The van der Waals surface area contributed by atoms with Gasteiger partial charge in [-0.1, -0.05) is 24.3 Å². The molecule has 0 aliphatic rings. The lowest BCUT2D eigenvalue weighted by molar-refractivity contribution is -0.119. The topological polar surface area (TPSA) is 64.6 Å². The van der Waals surface area contributed by atoms with Gasteiger partial charge in [-0.25, -0.2) is 4.79 Å². The molecule has 0 spiro atoms. The number of hydrogen-bond donors (Lipinski definition) is 1. The second kappa shape index (κ2) is 8.99. The lowest BCUT2D eigenvalue weighted by atomic mass is 10.1. The van der Waals surface area contributed by atoms with Crippen molar-refractivity contribution in [1.29, 1.82) is 0 Å². The Morgan fingerprint density at radius 2 is 1.80 bits per heavy atom. The van der Waals surface area contributed by atoms with Gasteiger partial charge in [0.05, 0.1) is 18.3 Å². The molecule has 0 fully saturated rings. The molecule has 0 aromatic heterocycles. The number of carbonyl (C=O) groups excluding carboxylic acids is 2. The van der Waals surface area contributed by atoms with Crippen molar-refractivity contribution < 1.29 is 19.1 Å². The Kier molecular flexibility index (Phi) is 6.71. The summed E-state index contributed by atoms with van der Waals surface area (Å²) in [5.74, 6) is -0.906. The molecule has 2 aromatic rings. The van der Waals surface area contributed by atoms with E-state index in [4.69, 9.17) is 9.47 Å². The second-order valence-corrected chi connectivity index (χ2v) is 6.05. The highest BCUT2D eigenvalue weighted by molar-refractivity contribution is 5.95. The van der Waals surface area contributed by atoms with Crippen molar-refractivity contribution in [3.05, 3.63) is 65.2 Å². The first kappa shape index (κ1) is 18.7. The quantitative estimate of drug-likeness (QED) is 0.780. The van der Waals surface area contributed by atoms with Crippen molar-refractivity contribution in [3.8, 4) is 0 Å². The first-order chi connectivity index (χ1) is 11.9. The fourth-order valence-electron chi connectivity index (χ4n) is 2.13. The molecule has 0 aliphatic carbocycles. The molecular formula is C20H23NO4. The molecule has 0 saturated heterocycles. The summed E-state index contributed by atoms with van der Waals surface area (Å²) >= 11 is 0. The van der Waals surface area contributed by atoms with Crippen LogP contribution in [0.15, 0.2) is 48.5 Å². The van der Waals surface area contributed by atoms with Crippen LogP contribution in [0.5, 0.6) is 0 Å². The molecule has 2 rings (SSSR count). The minimum absolute atomic E-state index is 0.150. The summed E-state index contributed by atoms with van der Waals surface area (Å²) in [7, 11) is 0. The van der Waals surface area contributed by atoms with Crippen LogP contribution in [-0.4, -0.2) is 24.6 Å². The molecule has 0 unspecified atom stereocenters. The normalized spacial score (nSPS) is 10.6. The van der Waals surface area contributed by atoms with E-state index in [0.29, 0.717) is 17.9 Å². The van der Waals surface area contributed by atoms with E-state index < -0.39 is 5.97 Å². The van der Waals surface area contributed by atoms with E-state index >= 15 is 0 Å². The van der Waals surface area contributed by atoms with Gasteiger partial charge in [0.2, 0.25) is 0 Å². The molecule has 0 heterocycles. The molecule has 5 nitrogen and oxygen atoms in total. The average molecular weight is 341 g/mol. The zero-order chi connectivity index (χ0) is 18.2. The number of hydrogen-bond acceptors (Lipinski definition) is 4. The van der Waals surface area contributed by atoms with Crippen LogP contribution in [0, 0.1) is 6.92 Å². The van der Waals surface area contributed by atoms with Gasteiger partial charge >= 0.3 is 5.97 Å². The largest absolute Gasteiger partial charge is 0.452 e. The van der Waals surface area contributed by atoms with Gasteiger partial charge in [-0.15, -0.1) is 0 Å². The van der Waals surface area contributed by atoms with Gasteiger partial charge in [0.15, 0.2) is 6.61 Å². The highest BCUT2D eigenvalue weighted by Gasteiger charge is 2.10. The lowest BCUT2D eigenvalue weighted by Crippen LogP contribution is -2.21. The Balaban J connectivity index is 1.82. The molecule has 2 aromatic carbocycles. The monoisotopic (exact) mass is 341 g/mol. The second-order valence-electron chi connectivity index (χ2n) is 6.05. The van der Waals surface area contributed by atoms with Crippen molar-refractivity contribution >= 4 is 17.6 Å². The molecule has 132 valence electrons. The first-order valence-electron chi connectivity index (χ1n) is 8.18. The fourth-order valence-corrected chi connectivity index (χ4v) is 2.13. The summed E-state index contributed by atoms with van der Waals surface area (Å²) in [4.78, 5) is 23.9. The van der Waals surface area contributed by atoms with Crippen molar-refractivity contribution in [3.63, 3.8) is 0 Å². The number of rotatable bonds is 7. The number of esters is 1. The maximum absolute atomic E-state index is 12.0. The van der Waals surface area contributed by atoms with Crippen molar-refractivity contribution in [2.45, 2.75) is 33.5 Å². The third-order valence-corrected chi connectivity index (χ3v) is 3.41. The van der Waals surface area contributed by atoms with Crippen LogP contribution in [0.1, 0.15) is 35.3 Å². The number of anilines is 1. The highest BCUT2D eigenvalue weighted by Crippen LogP contribution is 2.10. The van der Waals surface area contributed by atoms with E-state index in [0.717, 1.165) is 11.1 Å². The summed E-state index contributed by atoms with van der Waals surface area (Å²) in [5, 5.41) is 2.69. The summed E-state index contributed by atoms with van der Waals surface area (Å²) < 4.78 is 10.6. The van der Waals surface area contributed by atoms with Crippen molar-refractivity contribution in [2.24, 2.45) is 0 Å².